The fraction of sp³-hybridized carbons (Fsp3) is 0.354. The summed E-state index contributed by atoms with van der Waals surface area (Å²) in [6, 6.07) is 91.2. The first-order valence-electron chi connectivity index (χ1n) is 50.5. The molecule has 0 unspecified atom stereocenters. The quantitative estimate of drug-likeness (QED) is 0.133. The van der Waals surface area contributed by atoms with Crippen molar-refractivity contribution in [3.63, 3.8) is 0 Å². The molecular formula is C127H136N12Pt4. The summed E-state index contributed by atoms with van der Waals surface area (Å²) in [7, 11) is 0. The Morgan fingerprint density at radius 1 is 0.196 bits per heavy atom. The smallest absolute Gasteiger partial charge is 0.663 e. The van der Waals surface area contributed by atoms with Crippen LogP contribution in [0.1, 0.15) is 351 Å². The number of fused-ring (bicyclic) bond motifs is 36. The molecule has 4 aliphatic rings. The van der Waals surface area contributed by atoms with Gasteiger partial charge in [-0.2, -0.15) is 70.8 Å². The molecule has 0 spiro atoms. The van der Waals surface area contributed by atoms with Gasteiger partial charge in [0.1, 0.15) is 0 Å². The molecule has 744 valence electrons. The standard InChI is InChI=1S/C36H43N3.C31H30N2.C30H32N4.C30H31N3.4Pt/c1-11-25-26(12-2)32-36(9,10)30-21-15-19-28(38-30)34(5,6)24-17-13-16-23(22-24)33(3,4)27-18-14-20-29(37-27)35(7,8)31(25)39-32;1-29(2)22-12-7-11-21(19-22)25-15-9-16-26(32-25)30(3,4)23-13-8-14-24(20-23)31(5,6)28-18-10-17-27(29)33-28;1-7-19-21(9-3)29-30-22(10-4)20(8-2)28(34-30)18(6)24-14-12-16-26(32-24)25-15-11-13-23(31-25)17(5)27(19)33-29;1-7-21-22(8-2)28-30(5,6)26-17-10-14-23(31-26)19-12-9-13-20(18-19)29(3,4)25-16-11-15-24(32-25)27(21)33-28;;;;/h13-21H,11-12H2,1-10H3;7-18H,1-6H3;11-16H,7-10H2,1-6H3;9-17H,7-8H2,1-6H3;;;;/q4*-2;4*+2. The average Bonchev–Trinajstić information content (AvgIpc) is 1.59. The van der Waals surface area contributed by atoms with Gasteiger partial charge < -0.3 is 29.9 Å². The van der Waals surface area contributed by atoms with Gasteiger partial charge in [0.15, 0.2) is 0 Å². The van der Waals surface area contributed by atoms with Gasteiger partial charge in [0.2, 0.25) is 0 Å². The summed E-state index contributed by atoms with van der Waals surface area (Å²) in [4.78, 5) is 62.7. The van der Waals surface area contributed by atoms with Gasteiger partial charge in [0, 0.05) is 106 Å². The SMILES string of the molecule is CC1(C)c2[c-]c(ccc2)C(C)(C)c2cccc(n2)C(C)(C)c2[c-]c(ccc2)-c2cccc1n2.CCc1c(CC)c2[n-]c1=C(C)c1cccc(n1)-c1cccc(n1)C(C)=c1[n-]c=2c(CC)c1CC.CCc1c2[n-]c(c1CC)C(C)(C)c1cccc(n1)-c1[c-]c(ccc1)C(C)(C)c1cccc-2n1.CCc1c2[n-]c(c1CC)C(C)(C)c1cccc(n1)C(C)(C)c1[c-]c(ccc1)C(C)(C)c1cccc(n1)C2(C)C.[Pt+2].[Pt+2].[Pt+2].[Pt+2]. The molecule has 4 aliphatic heterocycles. The van der Waals surface area contributed by atoms with E-state index in [9.17, 15) is 0 Å². The van der Waals surface area contributed by atoms with Crippen molar-refractivity contribution in [2.75, 3.05) is 0 Å². The van der Waals surface area contributed by atoms with Crippen molar-refractivity contribution in [1.82, 2.24) is 59.8 Å². The molecule has 16 aromatic rings. The van der Waals surface area contributed by atoms with Gasteiger partial charge in [0.05, 0.1) is 22.8 Å². The van der Waals surface area contributed by atoms with Crippen LogP contribution in [0.4, 0.5) is 0 Å². The summed E-state index contributed by atoms with van der Waals surface area (Å²) in [5, 5.41) is 4.22. The van der Waals surface area contributed by atoms with Gasteiger partial charge in [-0.3, -0.25) is 19.9 Å². The summed E-state index contributed by atoms with van der Waals surface area (Å²) in [6.07, 6.45) is 7.49. The second-order valence-electron chi connectivity index (χ2n) is 42.9. The number of nitrogens with zero attached hydrogens (tertiary/aromatic N) is 12. The molecule has 20 rings (SSSR count). The molecule has 0 radical (unpaired) electrons. The molecule has 0 saturated carbocycles. The van der Waals surface area contributed by atoms with E-state index >= 15 is 0 Å². The van der Waals surface area contributed by atoms with Crippen LogP contribution in [-0.2, 0) is 184 Å². The molecular weight excluding hydrogens is 2470 g/mol. The third-order valence-corrected chi connectivity index (χ3v) is 31.0. The summed E-state index contributed by atoms with van der Waals surface area (Å²) in [5.74, 6) is 0. The first kappa shape index (κ1) is 110. The van der Waals surface area contributed by atoms with Crippen molar-refractivity contribution in [2.24, 2.45) is 0 Å². The van der Waals surface area contributed by atoms with Gasteiger partial charge in [0.25, 0.3) is 0 Å². The molecule has 143 heavy (non-hydrogen) atoms. The third kappa shape index (κ3) is 19.9. The second kappa shape index (κ2) is 42.6. The van der Waals surface area contributed by atoms with E-state index in [1.54, 1.807) is 0 Å². The predicted octanol–water partition coefficient (Wildman–Crippen LogP) is 26.0. The normalized spacial score (nSPS) is 15.7. The number of rotatable bonds is 8. The number of aromatic nitrogens is 12. The topological polar surface area (TPSA) is 160 Å². The van der Waals surface area contributed by atoms with Crippen molar-refractivity contribution < 1.29 is 84.3 Å². The van der Waals surface area contributed by atoms with Crippen LogP contribution >= 0.6 is 0 Å². The summed E-state index contributed by atoms with van der Waals surface area (Å²) in [5.41, 5.74) is 39.0. The van der Waals surface area contributed by atoms with Crippen molar-refractivity contribution in [1.29, 1.82) is 0 Å². The maximum Gasteiger partial charge on any atom is 2.00 e. The minimum Gasteiger partial charge on any atom is -0.663 e. The van der Waals surface area contributed by atoms with Crippen LogP contribution in [0.2, 0.25) is 0 Å². The van der Waals surface area contributed by atoms with E-state index in [4.69, 9.17) is 59.8 Å². The van der Waals surface area contributed by atoms with Gasteiger partial charge >= 0.3 is 84.3 Å². The van der Waals surface area contributed by atoms with E-state index in [1.165, 1.54) is 44.5 Å². The van der Waals surface area contributed by atoms with E-state index in [0.717, 1.165) is 242 Å². The summed E-state index contributed by atoms with van der Waals surface area (Å²) >= 11 is 0. The molecule has 32 bridgehead atoms. The van der Waals surface area contributed by atoms with E-state index < -0.39 is 0 Å². The first-order chi connectivity index (χ1) is 66.1. The zero-order chi connectivity index (χ0) is 99.2. The van der Waals surface area contributed by atoms with Gasteiger partial charge in [-0.1, -0.05) is 285 Å². The molecule has 0 atom stereocenters. The molecule has 0 amide bonds. The zero-order valence-corrected chi connectivity index (χ0v) is 97.7. The molecule has 16 heteroatoms. The van der Waals surface area contributed by atoms with Gasteiger partial charge in [-0.25, -0.2) is 9.97 Å². The minimum absolute atomic E-state index is 0. The Bertz CT molecular complexity index is 7310. The Balaban J connectivity index is 0.000000159. The average molecular weight is 2610 g/mol. The molecule has 12 aromatic heterocycles. The van der Waals surface area contributed by atoms with E-state index in [0.29, 0.717) is 0 Å². The van der Waals surface area contributed by atoms with Crippen molar-refractivity contribution in [2.45, 2.75) is 294 Å². The molecule has 4 aromatic carbocycles. The van der Waals surface area contributed by atoms with Crippen LogP contribution in [0.15, 0.2) is 218 Å². The Kier molecular flexibility index (Phi) is 32.8. The van der Waals surface area contributed by atoms with Crippen molar-refractivity contribution in [3.05, 3.63) is 422 Å². The van der Waals surface area contributed by atoms with Gasteiger partial charge in [-0.05, 0) is 173 Å². The monoisotopic (exact) mass is 2610 g/mol. The summed E-state index contributed by atoms with van der Waals surface area (Å²) < 4.78 is 0. The molecule has 0 fully saturated rings. The molecule has 0 aliphatic carbocycles. The summed E-state index contributed by atoms with van der Waals surface area (Å²) in [6.45, 7) is 62.6. The van der Waals surface area contributed by atoms with Crippen molar-refractivity contribution in [3.8, 4) is 45.3 Å². The Hall–Kier alpha value is -10.3. The van der Waals surface area contributed by atoms with E-state index in [1.807, 2.05) is 12.1 Å². The van der Waals surface area contributed by atoms with Crippen LogP contribution < -0.4 is 30.6 Å². The van der Waals surface area contributed by atoms with Crippen LogP contribution in [0.25, 0.3) is 56.4 Å². The Morgan fingerprint density at radius 3 is 0.727 bits per heavy atom. The van der Waals surface area contributed by atoms with Crippen LogP contribution in [-0.4, -0.2) is 39.9 Å². The van der Waals surface area contributed by atoms with E-state index in [-0.39, 0.29) is 133 Å². The fourth-order valence-corrected chi connectivity index (χ4v) is 21.5. The van der Waals surface area contributed by atoms with Gasteiger partial charge in [-0.15, -0.1) is 115 Å². The van der Waals surface area contributed by atoms with Crippen LogP contribution in [0.3, 0.4) is 0 Å². The number of hydrogen-bond donors (Lipinski definition) is 0. The zero-order valence-electron chi connectivity index (χ0n) is 88.6. The Labute approximate surface area is 908 Å². The first-order valence-corrected chi connectivity index (χ1v) is 50.5. The number of benzene rings is 4. The van der Waals surface area contributed by atoms with Crippen LogP contribution in [0.5, 0.6) is 0 Å². The molecule has 0 saturated heterocycles. The second-order valence-corrected chi connectivity index (χ2v) is 42.9. The Morgan fingerprint density at radius 2 is 0.413 bits per heavy atom. The van der Waals surface area contributed by atoms with Crippen LogP contribution in [0, 0.1) is 35.0 Å². The number of pyridine rings is 8. The van der Waals surface area contributed by atoms with Crippen molar-refractivity contribution >= 4 is 11.1 Å². The molecule has 16 heterocycles. The van der Waals surface area contributed by atoms with E-state index in [2.05, 4.69) is 424 Å². The number of hydrogen-bond acceptors (Lipinski definition) is 8. The predicted molar refractivity (Wildman–Crippen MR) is 567 cm³/mol. The molecule has 12 nitrogen and oxygen atoms in total. The maximum atomic E-state index is 5.50. The molecule has 0 N–H and O–H groups in total. The fourth-order valence-electron chi connectivity index (χ4n) is 21.5. The largest absolute Gasteiger partial charge is 2.00 e. The minimum atomic E-state index is -0.352. The maximum absolute atomic E-state index is 5.50. The third-order valence-electron chi connectivity index (χ3n) is 31.0.